The van der Waals surface area contributed by atoms with Crippen molar-refractivity contribution in [3.63, 3.8) is 0 Å². The zero-order valence-electron chi connectivity index (χ0n) is 17.8. The van der Waals surface area contributed by atoms with Gasteiger partial charge in [-0.3, -0.25) is 0 Å². The van der Waals surface area contributed by atoms with E-state index in [1.54, 1.807) is 19.2 Å². The smallest absolute Gasteiger partial charge is 0.418 e. The number of methoxy groups -OCH3 is 1. The molecule has 1 fully saturated rings. The second-order valence-electron chi connectivity index (χ2n) is 8.31. The molecule has 0 bridgehead atoms. The zero-order chi connectivity index (χ0) is 22.0. The van der Waals surface area contributed by atoms with Crippen LogP contribution in [0.2, 0.25) is 0 Å². The van der Waals surface area contributed by atoms with Crippen molar-refractivity contribution in [3.05, 3.63) is 64.7 Å². The molecule has 2 aliphatic heterocycles. The van der Waals surface area contributed by atoms with Gasteiger partial charge in [-0.1, -0.05) is 30.3 Å². The van der Waals surface area contributed by atoms with Crippen molar-refractivity contribution in [3.8, 4) is 5.75 Å². The molecule has 31 heavy (non-hydrogen) atoms. The van der Waals surface area contributed by atoms with E-state index in [0.29, 0.717) is 17.7 Å². The highest BCUT2D eigenvalue weighted by Gasteiger charge is 2.45. The van der Waals surface area contributed by atoms with Crippen molar-refractivity contribution in [1.82, 2.24) is 10.6 Å². The van der Waals surface area contributed by atoms with E-state index in [9.17, 15) is 13.2 Å². The fraction of sp³-hybridized carbons (Fsp3) is 0.500. The van der Waals surface area contributed by atoms with Gasteiger partial charge < -0.3 is 20.1 Å². The number of hydrogen-bond donors (Lipinski definition) is 2. The lowest BCUT2D eigenvalue weighted by molar-refractivity contribution is -0.227. The summed E-state index contributed by atoms with van der Waals surface area (Å²) in [5, 5.41) is 7.24. The van der Waals surface area contributed by atoms with Crippen LogP contribution in [0.15, 0.2) is 42.5 Å². The van der Waals surface area contributed by atoms with Crippen LogP contribution < -0.4 is 15.4 Å². The second-order valence-corrected chi connectivity index (χ2v) is 8.31. The maximum Gasteiger partial charge on any atom is 0.418 e. The van der Waals surface area contributed by atoms with Gasteiger partial charge >= 0.3 is 6.18 Å². The summed E-state index contributed by atoms with van der Waals surface area (Å²) in [7, 11) is 1.56. The van der Waals surface area contributed by atoms with Crippen molar-refractivity contribution in [2.45, 2.75) is 56.6 Å². The Balaban J connectivity index is 1.62. The SMILES string of the molecule is COc1cc2c(cc1C(C)NC1CCCNC1c1ccccc1)C(C(F)(F)F)OCC2. The minimum atomic E-state index is -4.44. The van der Waals surface area contributed by atoms with Gasteiger partial charge in [0.05, 0.1) is 13.7 Å². The van der Waals surface area contributed by atoms with Crippen LogP contribution in [-0.2, 0) is 11.2 Å². The highest BCUT2D eigenvalue weighted by atomic mass is 19.4. The summed E-state index contributed by atoms with van der Waals surface area (Å²) >= 11 is 0. The molecule has 2 N–H and O–H groups in total. The third-order valence-corrected chi connectivity index (χ3v) is 6.28. The lowest BCUT2D eigenvalue weighted by Gasteiger charge is -2.36. The molecule has 2 aliphatic rings. The monoisotopic (exact) mass is 434 g/mol. The van der Waals surface area contributed by atoms with E-state index in [4.69, 9.17) is 9.47 Å². The van der Waals surface area contributed by atoms with Crippen molar-refractivity contribution in [2.75, 3.05) is 20.3 Å². The molecule has 1 saturated heterocycles. The molecule has 4 unspecified atom stereocenters. The Hall–Kier alpha value is -2.09. The second kappa shape index (κ2) is 9.18. The van der Waals surface area contributed by atoms with E-state index in [1.165, 1.54) is 5.56 Å². The number of nitrogens with one attached hydrogen (secondary N) is 2. The number of rotatable bonds is 5. The van der Waals surface area contributed by atoms with Crippen LogP contribution in [0.4, 0.5) is 13.2 Å². The summed E-state index contributed by atoms with van der Waals surface area (Å²) in [6.07, 6.45) is -3.86. The van der Waals surface area contributed by atoms with Gasteiger partial charge in [-0.15, -0.1) is 0 Å². The summed E-state index contributed by atoms with van der Waals surface area (Å²) in [6.45, 7) is 2.98. The zero-order valence-corrected chi connectivity index (χ0v) is 17.8. The van der Waals surface area contributed by atoms with Crippen molar-refractivity contribution >= 4 is 0 Å². The van der Waals surface area contributed by atoms with Gasteiger partial charge in [0.2, 0.25) is 0 Å². The lowest BCUT2D eigenvalue weighted by atomic mass is 9.89. The first-order valence-corrected chi connectivity index (χ1v) is 10.8. The molecule has 2 aromatic rings. The number of alkyl halides is 3. The van der Waals surface area contributed by atoms with Gasteiger partial charge in [0, 0.05) is 23.7 Å². The van der Waals surface area contributed by atoms with E-state index in [1.807, 2.05) is 25.1 Å². The molecule has 7 heteroatoms. The third kappa shape index (κ3) is 4.73. The Kier molecular flexibility index (Phi) is 6.55. The molecule has 0 saturated carbocycles. The Morgan fingerprint density at radius 2 is 1.97 bits per heavy atom. The minimum absolute atomic E-state index is 0.0555. The first kappa shape index (κ1) is 22.1. The first-order valence-electron chi connectivity index (χ1n) is 10.8. The number of halogens is 3. The van der Waals surface area contributed by atoms with Gasteiger partial charge in [0.1, 0.15) is 5.75 Å². The van der Waals surface area contributed by atoms with Gasteiger partial charge in [0.15, 0.2) is 6.10 Å². The first-order chi connectivity index (χ1) is 14.9. The number of ether oxygens (including phenoxy) is 2. The largest absolute Gasteiger partial charge is 0.496 e. The molecule has 2 aromatic carbocycles. The highest BCUT2D eigenvalue weighted by Crippen LogP contribution is 2.43. The van der Waals surface area contributed by atoms with Crippen LogP contribution in [0, 0.1) is 0 Å². The molecule has 4 rings (SSSR count). The Bertz CT molecular complexity index is 888. The van der Waals surface area contributed by atoms with Gasteiger partial charge in [0.25, 0.3) is 0 Å². The van der Waals surface area contributed by atoms with Crippen LogP contribution in [0.5, 0.6) is 5.75 Å². The Labute approximate surface area is 181 Å². The van der Waals surface area contributed by atoms with Gasteiger partial charge in [-0.05, 0) is 61.6 Å². The summed E-state index contributed by atoms with van der Waals surface area (Å²) < 4.78 is 51.4. The Morgan fingerprint density at radius 3 is 2.68 bits per heavy atom. The van der Waals surface area contributed by atoms with Crippen LogP contribution in [0.3, 0.4) is 0 Å². The van der Waals surface area contributed by atoms with Gasteiger partial charge in [-0.2, -0.15) is 13.2 Å². The van der Waals surface area contributed by atoms with E-state index in [2.05, 4.69) is 22.8 Å². The minimum Gasteiger partial charge on any atom is -0.496 e. The van der Waals surface area contributed by atoms with Crippen LogP contribution >= 0.6 is 0 Å². The molecule has 0 radical (unpaired) electrons. The maximum absolute atomic E-state index is 13.6. The number of hydrogen-bond acceptors (Lipinski definition) is 4. The molecule has 4 atom stereocenters. The molecular weight excluding hydrogens is 405 g/mol. The predicted molar refractivity (Wildman–Crippen MR) is 113 cm³/mol. The molecule has 4 nitrogen and oxygen atoms in total. The topological polar surface area (TPSA) is 42.5 Å². The summed E-state index contributed by atoms with van der Waals surface area (Å²) in [5.41, 5.74) is 2.76. The van der Waals surface area contributed by atoms with Crippen molar-refractivity contribution < 1.29 is 22.6 Å². The van der Waals surface area contributed by atoms with Crippen molar-refractivity contribution in [2.24, 2.45) is 0 Å². The molecule has 0 aliphatic carbocycles. The molecule has 0 amide bonds. The molecule has 0 spiro atoms. The van der Waals surface area contributed by atoms with Crippen LogP contribution in [0.25, 0.3) is 0 Å². The van der Waals surface area contributed by atoms with Crippen LogP contribution in [0.1, 0.15) is 60.2 Å². The number of fused-ring (bicyclic) bond motifs is 1. The summed E-state index contributed by atoms with van der Waals surface area (Å²) in [5.74, 6) is 0.613. The molecule has 2 heterocycles. The van der Waals surface area contributed by atoms with E-state index in [0.717, 1.165) is 24.9 Å². The highest BCUT2D eigenvalue weighted by molar-refractivity contribution is 5.46. The standard InChI is InChI=1S/C24H29F3N2O2/c1-15(29-20-9-6-11-28-22(20)16-7-4-3-5-8-16)18-14-19-17(13-21(18)30-2)10-12-31-23(19)24(25,26)27/h3-5,7-8,13-15,20,22-23,28-29H,6,9-12H2,1-2H3. The average Bonchev–Trinajstić information content (AvgIpc) is 2.78. The maximum atomic E-state index is 13.6. The fourth-order valence-corrected chi connectivity index (χ4v) is 4.77. The summed E-state index contributed by atoms with van der Waals surface area (Å²) in [4.78, 5) is 0. The van der Waals surface area contributed by atoms with Gasteiger partial charge in [-0.25, -0.2) is 0 Å². The lowest BCUT2D eigenvalue weighted by Crippen LogP contribution is -2.46. The molecule has 168 valence electrons. The predicted octanol–water partition coefficient (Wildman–Crippen LogP) is 5.02. The fourth-order valence-electron chi connectivity index (χ4n) is 4.77. The van der Waals surface area contributed by atoms with E-state index in [-0.39, 0.29) is 30.3 Å². The van der Waals surface area contributed by atoms with Crippen LogP contribution in [-0.4, -0.2) is 32.5 Å². The number of benzene rings is 2. The van der Waals surface area contributed by atoms with Crippen molar-refractivity contribution in [1.29, 1.82) is 0 Å². The average molecular weight is 435 g/mol. The molecular formula is C24H29F3N2O2. The Morgan fingerprint density at radius 1 is 1.19 bits per heavy atom. The third-order valence-electron chi connectivity index (χ3n) is 6.28. The quantitative estimate of drug-likeness (QED) is 0.694. The summed E-state index contributed by atoms with van der Waals surface area (Å²) in [6, 6.07) is 13.7. The van der Waals surface area contributed by atoms with E-state index < -0.39 is 12.3 Å². The normalized spacial score (nSPS) is 25.0. The number of piperidine rings is 1. The van der Waals surface area contributed by atoms with E-state index >= 15 is 0 Å². The molecule has 0 aromatic heterocycles.